The highest BCUT2D eigenvalue weighted by atomic mass is 35.5. The van der Waals surface area contributed by atoms with E-state index in [0.717, 1.165) is 23.2 Å². The molecule has 0 spiro atoms. The van der Waals surface area contributed by atoms with Crippen molar-refractivity contribution < 1.29 is 4.79 Å². The third kappa shape index (κ3) is 2.11. The summed E-state index contributed by atoms with van der Waals surface area (Å²) in [6.45, 7) is 2.93. The average molecular weight is 327 g/mol. The van der Waals surface area contributed by atoms with Gasteiger partial charge >= 0.3 is 0 Å². The number of rotatable bonds is 1. The molecule has 2 atom stereocenters. The SMILES string of the molecule is CC1(c2ccccc2)CCN2C(=O)[C@H](N)Cc3cc(Cl)cc1c32. The molecule has 2 aromatic rings. The number of anilines is 1. The van der Waals surface area contributed by atoms with E-state index in [0.29, 0.717) is 18.0 Å². The third-order valence-corrected chi connectivity index (χ3v) is 5.51. The van der Waals surface area contributed by atoms with E-state index >= 15 is 0 Å². The van der Waals surface area contributed by atoms with E-state index in [-0.39, 0.29) is 11.3 Å². The molecule has 4 heteroatoms. The molecule has 0 radical (unpaired) electrons. The Morgan fingerprint density at radius 1 is 1.26 bits per heavy atom. The van der Waals surface area contributed by atoms with Crippen molar-refractivity contribution in [3.05, 3.63) is 64.2 Å². The number of nitrogens with two attached hydrogens (primary N) is 1. The van der Waals surface area contributed by atoms with Gasteiger partial charge in [0.05, 0.1) is 11.7 Å². The highest BCUT2D eigenvalue weighted by Gasteiger charge is 2.43. The van der Waals surface area contributed by atoms with Gasteiger partial charge in [0.25, 0.3) is 0 Å². The number of hydrogen-bond acceptors (Lipinski definition) is 2. The van der Waals surface area contributed by atoms with E-state index in [1.807, 2.05) is 23.1 Å². The summed E-state index contributed by atoms with van der Waals surface area (Å²) in [5.74, 6) is 0.0242. The first-order chi connectivity index (χ1) is 11.0. The zero-order valence-corrected chi connectivity index (χ0v) is 13.8. The van der Waals surface area contributed by atoms with Gasteiger partial charge in [0, 0.05) is 17.0 Å². The fourth-order valence-electron chi connectivity index (χ4n) is 3.98. The van der Waals surface area contributed by atoms with E-state index in [1.165, 1.54) is 5.56 Å². The molecule has 0 saturated heterocycles. The average Bonchev–Trinajstić information content (AvgIpc) is 2.55. The summed E-state index contributed by atoms with van der Waals surface area (Å²) in [4.78, 5) is 14.4. The molecule has 23 heavy (non-hydrogen) atoms. The Morgan fingerprint density at radius 2 is 2.00 bits per heavy atom. The van der Waals surface area contributed by atoms with Gasteiger partial charge in [-0.2, -0.15) is 0 Å². The van der Waals surface area contributed by atoms with Crippen LogP contribution in [0.1, 0.15) is 30.0 Å². The first-order valence-corrected chi connectivity index (χ1v) is 8.34. The lowest BCUT2D eigenvalue weighted by atomic mass is 9.69. The van der Waals surface area contributed by atoms with Crippen molar-refractivity contribution in [1.82, 2.24) is 0 Å². The molecule has 4 rings (SSSR count). The number of carbonyl (C=O) groups excluding carboxylic acids is 1. The maximum atomic E-state index is 12.5. The molecule has 0 fully saturated rings. The Balaban J connectivity index is 1.97. The lowest BCUT2D eigenvalue weighted by Gasteiger charge is -2.45. The number of hydrogen-bond donors (Lipinski definition) is 1. The van der Waals surface area contributed by atoms with Gasteiger partial charge in [-0.25, -0.2) is 0 Å². The van der Waals surface area contributed by atoms with Crippen molar-refractivity contribution in [2.24, 2.45) is 5.73 Å². The summed E-state index contributed by atoms with van der Waals surface area (Å²) >= 11 is 6.39. The van der Waals surface area contributed by atoms with Crippen LogP contribution in [0.15, 0.2) is 42.5 Å². The normalized spacial score (nSPS) is 26.1. The molecule has 2 N–H and O–H groups in total. The fourth-order valence-corrected chi connectivity index (χ4v) is 4.22. The summed E-state index contributed by atoms with van der Waals surface area (Å²) in [5.41, 5.74) is 10.4. The fraction of sp³-hybridized carbons (Fsp3) is 0.316. The zero-order valence-electron chi connectivity index (χ0n) is 13.1. The second kappa shape index (κ2) is 5.08. The predicted octanol–water partition coefficient (Wildman–Crippen LogP) is 3.27. The Hall–Kier alpha value is -1.84. The minimum absolute atomic E-state index is 0.0242. The summed E-state index contributed by atoms with van der Waals surface area (Å²) in [7, 11) is 0. The predicted molar refractivity (Wildman–Crippen MR) is 93.0 cm³/mol. The Kier molecular flexibility index (Phi) is 3.26. The van der Waals surface area contributed by atoms with E-state index in [9.17, 15) is 4.79 Å². The van der Waals surface area contributed by atoms with Crippen LogP contribution >= 0.6 is 11.6 Å². The van der Waals surface area contributed by atoms with Crippen molar-refractivity contribution in [2.75, 3.05) is 11.4 Å². The van der Waals surface area contributed by atoms with Crippen molar-refractivity contribution in [3.63, 3.8) is 0 Å². The topological polar surface area (TPSA) is 46.3 Å². The second-order valence-electron chi connectivity index (χ2n) is 6.71. The minimum Gasteiger partial charge on any atom is -0.320 e. The number of nitrogens with zero attached hydrogens (tertiary/aromatic N) is 1. The van der Waals surface area contributed by atoms with Crippen LogP contribution < -0.4 is 10.6 Å². The van der Waals surface area contributed by atoms with Gasteiger partial charge in [0.15, 0.2) is 0 Å². The first kappa shape index (κ1) is 14.7. The standard InChI is InChI=1S/C19H19ClN2O/c1-19(13-5-3-2-4-6-13)7-8-22-17-12(10-16(21)18(22)23)9-14(20)11-15(17)19/h2-6,9,11,16H,7-8,10,21H2,1H3/t16-,19?/m1/s1. The Bertz CT molecular complexity index is 789. The molecule has 1 unspecified atom stereocenters. The number of halogens is 1. The smallest absolute Gasteiger partial charge is 0.244 e. The highest BCUT2D eigenvalue weighted by molar-refractivity contribution is 6.31. The van der Waals surface area contributed by atoms with Gasteiger partial charge in [-0.1, -0.05) is 48.9 Å². The summed E-state index contributed by atoms with van der Waals surface area (Å²) in [5, 5.41) is 0.712. The molecule has 1 amide bonds. The Labute approximate surface area is 141 Å². The number of benzene rings is 2. The van der Waals surface area contributed by atoms with E-state index in [1.54, 1.807) is 0 Å². The van der Waals surface area contributed by atoms with Crippen LogP contribution in [0.5, 0.6) is 0 Å². The van der Waals surface area contributed by atoms with Crippen molar-refractivity contribution in [1.29, 1.82) is 0 Å². The van der Waals surface area contributed by atoms with Crippen LogP contribution in [0.2, 0.25) is 5.02 Å². The van der Waals surface area contributed by atoms with Crippen molar-refractivity contribution in [3.8, 4) is 0 Å². The van der Waals surface area contributed by atoms with Crippen LogP contribution in [0.3, 0.4) is 0 Å². The molecule has 2 aliphatic rings. The highest BCUT2D eigenvalue weighted by Crippen LogP contribution is 2.48. The molecular formula is C19H19ClN2O. The third-order valence-electron chi connectivity index (χ3n) is 5.29. The quantitative estimate of drug-likeness (QED) is 0.874. The Morgan fingerprint density at radius 3 is 2.74 bits per heavy atom. The zero-order chi connectivity index (χ0) is 16.2. The largest absolute Gasteiger partial charge is 0.320 e. The van der Waals surface area contributed by atoms with Gasteiger partial charge in [-0.15, -0.1) is 0 Å². The maximum absolute atomic E-state index is 12.5. The summed E-state index contributed by atoms with van der Waals surface area (Å²) in [6.07, 6.45) is 1.42. The van der Waals surface area contributed by atoms with Gasteiger partial charge in [-0.3, -0.25) is 4.79 Å². The molecule has 3 nitrogen and oxygen atoms in total. The molecule has 2 aromatic carbocycles. The molecule has 0 aromatic heterocycles. The second-order valence-corrected chi connectivity index (χ2v) is 7.15. The lowest BCUT2D eigenvalue weighted by molar-refractivity contribution is -0.120. The van der Waals surface area contributed by atoms with Crippen molar-refractivity contribution in [2.45, 2.75) is 31.2 Å². The molecule has 0 bridgehead atoms. The van der Waals surface area contributed by atoms with E-state index in [4.69, 9.17) is 17.3 Å². The van der Waals surface area contributed by atoms with Crippen LogP contribution in [0.25, 0.3) is 0 Å². The van der Waals surface area contributed by atoms with Gasteiger partial charge in [-0.05, 0) is 41.7 Å². The molecule has 0 saturated carbocycles. The monoisotopic (exact) mass is 326 g/mol. The van der Waals surface area contributed by atoms with Gasteiger partial charge < -0.3 is 10.6 Å². The van der Waals surface area contributed by atoms with E-state index < -0.39 is 6.04 Å². The molecular weight excluding hydrogens is 308 g/mol. The van der Waals surface area contributed by atoms with Gasteiger partial charge in [0.2, 0.25) is 5.91 Å². The minimum atomic E-state index is -0.463. The molecule has 2 heterocycles. The summed E-state index contributed by atoms with van der Waals surface area (Å²) < 4.78 is 0. The summed E-state index contributed by atoms with van der Waals surface area (Å²) in [6, 6.07) is 14.0. The molecule has 2 aliphatic heterocycles. The van der Waals surface area contributed by atoms with Crippen LogP contribution in [-0.4, -0.2) is 18.5 Å². The van der Waals surface area contributed by atoms with Gasteiger partial charge in [0.1, 0.15) is 0 Å². The number of carbonyl (C=O) groups is 1. The molecule has 0 aliphatic carbocycles. The van der Waals surface area contributed by atoms with E-state index in [2.05, 4.69) is 31.2 Å². The van der Waals surface area contributed by atoms with Crippen LogP contribution in [-0.2, 0) is 16.6 Å². The first-order valence-electron chi connectivity index (χ1n) is 7.96. The van der Waals surface area contributed by atoms with Crippen LogP contribution in [0.4, 0.5) is 5.69 Å². The maximum Gasteiger partial charge on any atom is 0.244 e. The molecule has 118 valence electrons. The van der Waals surface area contributed by atoms with Crippen LogP contribution in [0, 0.1) is 0 Å². The number of amides is 1. The van der Waals surface area contributed by atoms with Crippen molar-refractivity contribution >= 4 is 23.2 Å². The lowest BCUT2D eigenvalue weighted by Crippen LogP contribution is -2.53.